The summed E-state index contributed by atoms with van der Waals surface area (Å²) >= 11 is 0. The topological polar surface area (TPSA) is 58.6 Å². The van der Waals surface area contributed by atoms with Crippen LogP contribution < -0.4 is 5.32 Å². The fraction of sp³-hybridized carbons (Fsp3) is 0.923. The Morgan fingerprint density at radius 1 is 0.839 bits per heavy atom. The molecule has 0 aliphatic rings. The maximum atomic E-state index is 13.5. The Bertz CT molecular complexity index is 493. The molecule has 1 unspecified atom stereocenters. The largest absolute Gasteiger partial charge is 0.381 e. The van der Waals surface area contributed by atoms with Gasteiger partial charge in [0.05, 0.1) is 6.61 Å². The molecule has 31 heavy (non-hydrogen) atoms. The van der Waals surface area contributed by atoms with Crippen LogP contribution in [0.25, 0.3) is 0 Å². The minimum Gasteiger partial charge on any atom is -0.381 e. The molecule has 5 heteroatoms. The van der Waals surface area contributed by atoms with Crippen LogP contribution in [0.2, 0.25) is 0 Å². The molecule has 1 N–H and O–H groups in total. The predicted octanol–water partition coefficient (Wildman–Crippen LogP) is 6.25. The van der Waals surface area contributed by atoms with Crippen LogP contribution in [-0.4, -0.2) is 47.6 Å². The zero-order valence-corrected chi connectivity index (χ0v) is 21.8. The fourth-order valence-electron chi connectivity index (χ4n) is 4.49. The van der Waals surface area contributed by atoms with E-state index in [1.165, 1.54) is 32.1 Å². The Kier molecular flexibility index (Phi) is 15.9. The maximum absolute atomic E-state index is 13.5. The van der Waals surface area contributed by atoms with Crippen LogP contribution in [0.15, 0.2) is 0 Å². The first-order valence-corrected chi connectivity index (χ1v) is 12.9. The van der Waals surface area contributed by atoms with Gasteiger partial charge in [-0.25, -0.2) is 0 Å². The predicted molar refractivity (Wildman–Crippen MR) is 131 cm³/mol. The summed E-state index contributed by atoms with van der Waals surface area (Å²) < 4.78 is 5.24. The Balaban J connectivity index is 5.22. The number of carbonyl (C=O) groups excluding carboxylic acids is 2. The van der Waals surface area contributed by atoms with Crippen molar-refractivity contribution in [3.8, 4) is 0 Å². The van der Waals surface area contributed by atoms with Gasteiger partial charge in [-0.3, -0.25) is 9.59 Å². The highest BCUT2D eigenvalue weighted by molar-refractivity contribution is 5.80. The number of nitrogens with zero attached hydrogens (tertiary/aromatic N) is 1. The number of hydrogen-bond donors (Lipinski definition) is 1. The minimum absolute atomic E-state index is 0.0483. The molecule has 0 heterocycles. The van der Waals surface area contributed by atoms with E-state index in [9.17, 15) is 9.59 Å². The summed E-state index contributed by atoms with van der Waals surface area (Å²) in [6.07, 6.45) is 12.0. The highest BCUT2D eigenvalue weighted by Crippen LogP contribution is 2.36. The summed E-state index contributed by atoms with van der Waals surface area (Å²) in [5, 5.41) is 2.89. The number of hydrogen-bond acceptors (Lipinski definition) is 3. The molecule has 0 aromatic carbocycles. The summed E-state index contributed by atoms with van der Waals surface area (Å²) in [7, 11) is 0. The van der Waals surface area contributed by atoms with Crippen LogP contribution in [-0.2, 0) is 14.3 Å². The zero-order valence-electron chi connectivity index (χ0n) is 21.8. The van der Waals surface area contributed by atoms with Crippen molar-refractivity contribution in [1.29, 1.82) is 0 Å². The van der Waals surface area contributed by atoms with Crippen molar-refractivity contribution in [2.75, 3.05) is 19.8 Å². The van der Waals surface area contributed by atoms with E-state index in [0.717, 1.165) is 32.1 Å². The molecular formula is C26H52N2O3. The third-order valence-electron chi connectivity index (χ3n) is 6.46. The number of nitrogens with one attached hydrogen (secondary N) is 1. The fourth-order valence-corrected chi connectivity index (χ4v) is 4.49. The molecule has 0 saturated heterocycles. The lowest BCUT2D eigenvalue weighted by atomic mass is 9.82. The summed E-state index contributed by atoms with van der Waals surface area (Å²) in [4.78, 5) is 27.7. The second-order valence-corrected chi connectivity index (χ2v) is 9.71. The van der Waals surface area contributed by atoms with E-state index in [2.05, 4.69) is 51.8 Å². The average Bonchev–Trinajstić information content (AvgIpc) is 2.71. The van der Waals surface area contributed by atoms with Gasteiger partial charge in [-0.05, 0) is 47.0 Å². The standard InChI is InChI=1S/C26H52N2O3/c1-8-12-14-16-19-25(5,6)28(26(7,10-3)20-15-13-9-2)24(30)17-21-27-23(29)18-22-31-11-4/h8-22H2,1-7H3,(H,27,29). The number of unbranched alkanes of at least 4 members (excludes halogenated alkanes) is 5. The summed E-state index contributed by atoms with van der Waals surface area (Å²) in [5.41, 5.74) is -0.347. The number of ether oxygens (including phenoxy) is 1. The van der Waals surface area contributed by atoms with E-state index in [0.29, 0.717) is 32.6 Å². The van der Waals surface area contributed by atoms with Gasteiger partial charge in [0.2, 0.25) is 11.8 Å². The zero-order chi connectivity index (χ0) is 23.8. The van der Waals surface area contributed by atoms with Gasteiger partial charge in [0.25, 0.3) is 0 Å². The van der Waals surface area contributed by atoms with Crippen LogP contribution in [0.1, 0.15) is 126 Å². The Labute approximate surface area is 193 Å². The molecule has 0 saturated carbocycles. The van der Waals surface area contributed by atoms with Gasteiger partial charge < -0.3 is 15.0 Å². The van der Waals surface area contributed by atoms with Crippen molar-refractivity contribution in [2.45, 2.75) is 137 Å². The molecule has 0 aliphatic carbocycles. The van der Waals surface area contributed by atoms with Crippen molar-refractivity contribution in [2.24, 2.45) is 0 Å². The Morgan fingerprint density at radius 2 is 1.45 bits per heavy atom. The Hall–Kier alpha value is -1.10. The van der Waals surface area contributed by atoms with E-state index in [4.69, 9.17) is 4.74 Å². The molecule has 0 rings (SSSR count). The van der Waals surface area contributed by atoms with Gasteiger partial charge in [0.1, 0.15) is 0 Å². The van der Waals surface area contributed by atoms with Crippen LogP contribution in [0, 0.1) is 0 Å². The molecule has 5 nitrogen and oxygen atoms in total. The molecule has 0 spiro atoms. The smallest absolute Gasteiger partial charge is 0.225 e. The van der Waals surface area contributed by atoms with Gasteiger partial charge in [-0.1, -0.05) is 65.7 Å². The van der Waals surface area contributed by atoms with Crippen LogP contribution in [0.3, 0.4) is 0 Å². The normalized spacial score (nSPS) is 13.6. The molecule has 2 amide bonds. The van der Waals surface area contributed by atoms with Crippen LogP contribution in [0.4, 0.5) is 0 Å². The minimum atomic E-state index is -0.194. The number of rotatable bonds is 19. The monoisotopic (exact) mass is 440 g/mol. The molecule has 0 aliphatic heterocycles. The maximum Gasteiger partial charge on any atom is 0.225 e. The van der Waals surface area contributed by atoms with Gasteiger partial charge in [0.15, 0.2) is 0 Å². The average molecular weight is 441 g/mol. The third-order valence-corrected chi connectivity index (χ3v) is 6.46. The first-order chi connectivity index (χ1) is 14.7. The Morgan fingerprint density at radius 3 is 2.03 bits per heavy atom. The van der Waals surface area contributed by atoms with Gasteiger partial charge in [-0.2, -0.15) is 0 Å². The lowest BCUT2D eigenvalue weighted by Crippen LogP contribution is -2.59. The van der Waals surface area contributed by atoms with Crippen LogP contribution >= 0.6 is 0 Å². The number of amides is 2. The molecule has 0 aromatic heterocycles. The van der Waals surface area contributed by atoms with Gasteiger partial charge in [-0.15, -0.1) is 0 Å². The van der Waals surface area contributed by atoms with Crippen molar-refractivity contribution in [3.05, 3.63) is 0 Å². The van der Waals surface area contributed by atoms with E-state index in [-0.39, 0.29) is 22.9 Å². The van der Waals surface area contributed by atoms with E-state index < -0.39 is 0 Å². The summed E-state index contributed by atoms with van der Waals surface area (Å²) in [6, 6.07) is 0. The summed E-state index contributed by atoms with van der Waals surface area (Å²) in [5.74, 6) is 0.110. The third kappa shape index (κ3) is 11.9. The molecular weight excluding hydrogens is 388 g/mol. The lowest BCUT2D eigenvalue weighted by molar-refractivity contribution is -0.146. The van der Waals surface area contributed by atoms with Crippen LogP contribution in [0.5, 0.6) is 0 Å². The second-order valence-electron chi connectivity index (χ2n) is 9.71. The highest BCUT2D eigenvalue weighted by atomic mass is 16.5. The quantitative estimate of drug-likeness (QED) is 0.242. The van der Waals surface area contributed by atoms with Gasteiger partial charge >= 0.3 is 0 Å². The van der Waals surface area contributed by atoms with Crippen molar-refractivity contribution in [3.63, 3.8) is 0 Å². The molecule has 184 valence electrons. The molecule has 1 atom stereocenters. The molecule has 0 aromatic rings. The van der Waals surface area contributed by atoms with Crippen molar-refractivity contribution in [1.82, 2.24) is 10.2 Å². The van der Waals surface area contributed by atoms with E-state index in [1.807, 2.05) is 6.92 Å². The summed E-state index contributed by atoms with van der Waals surface area (Å²) in [6.45, 7) is 16.7. The second kappa shape index (κ2) is 16.5. The van der Waals surface area contributed by atoms with E-state index >= 15 is 0 Å². The molecule has 0 fully saturated rings. The van der Waals surface area contributed by atoms with Gasteiger partial charge in [0, 0.05) is 37.1 Å². The molecule has 0 radical (unpaired) electrons. The van der Waals surface area contributed by atoms with Crippen molar-refractivity contribution >= 4 is 11.8 Å². The lowest BCUT2D eigenvalue weighted by Gasteiger charge is -2.51. The first-order valence-electron chi connectivity index (χ1n) is 12.9. The SMILES string of the molecule is CCCCCCC(C)(C)N(C(=O)CCNC(=O)CCOCC)C(C)(CC)CCCCC. The first kappa shape index (κ1) is 29.9. The van der Waals surface area contributed by atoms with Crippen molar-refractivity contribution < 1.29 is 14.3 Å². The highest BCUT2D eigenvalue weighted by Gasteiger charge is 2.41. The molecule has 0 bridgehead atoms. The van der Waals surface area contributed by atoms with E-state index in [1.54, 1.807) is 0 Å². The number of carbonyl (C=O) groups is 2.